The lowest BCUT2D eigenvalue weighted by molar-refractivity contribution is 0.0986. The standard InChI is InChI=1S/C23H29N3O3S2.ClH/c1-6-31(28,29)19-12-10-18(11-13-19)22(27)26(15-7-14-25(4)5)23-24-20-16(2)8-9-17(3)21(20)30-23;/h8-13H,6-7,14-15H2,1-5H3;1H. The van der Waals surface area contributed by atoms with Gasteiger partial charge in [0.25, 0.3) is 5.91 Å². The molecule has 0 atom stereocenters. The fourth-order valence-corrected chi connectivity index (χ4v) is 5.34. The van der Waals surface area contributed by atoms with Crippen LogP contribution in [0.3, 0.4) is 0 Å². The average molecular weight is 496 g/mol. The van der Waals surface area contributed by atoms with E-state index in [9.17, 15) is 13.2 Å². The topological polar surface area (TPSA) is 70.6 Å². The second-order valence-electron chi connectivity index (χ2n) is 7.91. The number of anilines is 1. The summed E-state index contributed by atoms with van der Waals surface area (Å²) in [5, 5.41) is 0.668. The van der Waals surface area contributed by atoms with E-state index in [1.54, 1.807) is 24.0 Å². The molecule has 1 amide bonds. The van der Waals surface area contributed by atoms with E-state index < -0.39 is 9.84 Å². The maximum absolute atomic E-state index is 13.4. The summed E-state index contributed by atoms with van der Waals surface area (Å²) in [6, 6.07) is 10.3. The summed E-state index contributed by atoms with van der Waals surface area (Å²) in [5.74, 6) is -0.143. The molecule has 3 rings (SSSR count). The summed E-state index contributed by atoms with van der Waals surface area (Å²) in [6.07, 6.45) is 0.801. The third-order valence-corrected chi connectivity index (χ3v) is 8.20. The molecule has 9 heteroatoms. The third kappa shape index (κ3) is 5.67. The lowest BCUT2D eigenvalue weighted by Crippen LogP contribution is -2.33. The number of aromatic nitrogens is 1. The SMILES string of the molecule is CCS(=O)(=O)c1ccc(C(=O)N(CCCN(C)C)c2nc3c(C)ccc(C)c3s2)cc1.Cl. The van der Waals surface area contributed by atoms with Crippen LogP contribution in [0.2, 0.25) is 0 Å². The molecule has 0 aliphatic heterocycles. The van der Waals surface area contributed by atoms with Gasteiger partial charge in [0, 0.05) is 12.1 Å². The minimum atomic E-state index is -3.30. The van der Waals surface area contributed by atoms with E-state index >= 15 is 0 Å². The van der Waals surface area contributed by atoms with Gasteiger partial charge in [-0.05, 0) is 76.3 Å². The highest BCUT2D eigenvalue weighted by Crippen LogP contribution is 2.34. The van der Waals surface area contributed by atoms with Crippen LogP contribution in [0.15, 0.2) is 41.3 Å². The largest absolute Gasteiger partial charge is 0.309 e. The summed E-state index contributed by atoms with van der Waals surface area (Å²) in [5.41, 5.74) is 3.60. The zero-order chi connectivity index (χ0) is 22.8. The van der Waals surface area contributed by atoms with Crippen LogP contribution in [-0.2, 0) is 9.84 Å². The van der Waals surface area contributed by atoms with Crippen LogP contribution in [0.1, 0.15) is 34.8 Å². The minimum Gasteiger partial charge on any atom is -0.309 e. The maximum Gasteiger partial charge on any atom is 0.260 e. The van der Waals surface area contributed by atoms with Crippen LogP contribution in [0, 0.1) is 13.8 Å². The quantitative estimate of drug-likeness (QED) is 0.452. The van der Waals surface area contributed by atoms with Gasteiger partial charge in [-0.25, -0.2) is 13.4 Å². The lowest BCUT2D eigenvalue weighted by atomic mass is 10.1. The van der Waals surface area contributed by atoms with Crippen molar-refractivity contribution in [3.05, 3.63) is 53.1 Å². The van der Waals surface area contributed by atoms with E-state index in [4.69, 9.17) is 4.98 Å². The number of thiazole rings is 1. The first-order valence-electron chi connectivity index (χ1n) is 10.3. The number of halogens is 1. The minimum absolute atomic E-state index is 0. The molecule has 0 unspecified atom stereocenters. The Morgan fingerprint density at radius 3 is 2.19 bits per heavy atom. The predicted molar refractivity (Wildman–Crippen MR) is 135 cm³/mol. The van der Waals surface area contributed by atoms with Crippen molar-refractivity contribution in [2.45, 2.75) is 32.1 Å². The average Bonchev–Trinajstić information content (AvgIpc) is 3.20. The molecule has 0 N–H and O–H groups in total. The highest BCUT2D eigenvalue weighted by Gasteiger charge is 2.23. The van der Waals surface area contributed by atoms with Crippen molar-refractivity contribution in [2.75, 3.05) is 37.8 Å². The van der Waals surface area contributed by atoms with Crippen molar-refractivity contribution in [3.8, 4) is 0 Å². The molecule has 0 spiro atoms. The number of benzene rings is 2. The molecule has 0 aliphatic rings. The normalized spacial score (nSPS) is 11.6. The Morgan fingerprint density at radius 2 is 1.62 bits per heavy atom. The van der Waals surface area contributed by atoms with Gasteiger partial charge in [-0.2, -0.15) is 0 Å². The number of carbonyl (C=O) groups excluding carboxylic acids is 1. The highest BCUT2D eigenvalue weighted by atomic mass is 35.5. The molecular formula is C23H30ClN3O3S2. The van der Waals surface area contributed by atoms with Crippen molar-refractivity contribution in [1.82, 2.24) is 9.88 Å². The highest BCUT2D eigenvalue weighted by molar-refractivity contribution is 7.91. The molecule has 0 radical (unpaired) electrons. The number of hydrogen-bond donors (Lipinski definition) is 0. The number of carbonyl (C=O) groups is 1. The molecular weight excluding hydrogens is 466 g/mol. The van der Waals surface area contributed by atoms with Crippen LogP contribution >= 0.6 is 23.7 Å². The smallest absolute Gasteiger partial charge is 0.260 e. The Labute approximate surface area is 200 Å². The van der Waals surface area contributed by atoms with Gasteiger partial charge >= 0.3 is 0 Å². The van der Waals surface area contributed by atoms with Crippen molar-refractivity contribution in [2.24, 2.45) is 0 Å². The summed E-state index contributed by atoms with van der Waals surface area (Å²) in [4.78, 5) is 22.3. The number of sulfone groups is 1. The number of aryl methyl sites for hydroxylation is 2. The first-order valence-corrected chi connectivity index (χ1v) is 12.8. The van der Waals surface area contributed by atoms with Crippen molar-refractivity contribution < 1.29 is 13.2 Å². The number of rotatable bonds is 8. The van der Waals surface area contributed by atoms with Crippen LogP contribution in [0.5, 0.6) is 0 Å². The fraction of sp³-hybridized carbons (Fsp3) is 0.391. The molecule has 0 bridgehead atoms. The molecule has 0 fully saturated rings. The Balaban J connectivity index is 0.00000363. The molecule has 174 valence electrons. The van der Waals surface area contributed by atoms with Crippen LogP contribution in [-0.4, -0.2) is 57.1 Å². The van der Waals surface area contributed by atoms with Gasteiger partial charge in [0.2, 0.25) is 0 Å². The van der Waals surface area contributed by atoms with Crippen LogP contribution < -0.4 is 4.90 Å². The molecule has 0 aliphatic carbocycles. The number of hydrogen-bond acceptors (Lipinski definition) is 6. The second kappa shape index (κ2) is 10.7. The van der Waals surface area contributed by atoms with Crippen LogP contribution in [0.25, 0.3) is 10.2 Å². The summed E-state index contributed by atoms with van der Waals surface area (Å²) >= 11 is 1.52. The Morgan fingerprint density at radius 1 is 1.00 bits per heavy atom. The van der Waals surface area contributed by atoms with Crippen molar-refractivity contribution in [3.63, 3.8) is 0 Å². The zero-order valence-corrected chi connectivity index (χ0v) is 21.5. The first-order chi connectivity index (χ1) is 14.6. The van der Waals surface area contributed by atoms with Gasteiger partial charge in [0.15, 0.2) is 15.0 Å². The molecule has 6 nitrogen and oxygen atoms in total. The molecule has 0 saturated heterocycles. The van der Waals surface area contributed by atoms with Gasteiger partial charge in [0.05, 0.1) is 20.9 Å². The zero-order valence-electron chi connectivity index (χ0n) is 19.1. The van der Waals surface area contributed by atoms with E-state index in [1.165, 1.54) is 23.5 Å². The Hall–Kier alpha value is -2.00. The number of fused-ring (bicyclic) bond motifs is 1. The monoisotopic (exact) mass is 495 g/mol. The molecule has 3 aromatic rings. The second-order valence-corrected chi connectivity index (χ2v) is 11.2. The number of nitrogens with zero attached hydrogens (tertiary/aromatic N) is 3. The van der Waals surface area contributed by atoms with Gasteiger partial charge in [-0.15, -0.1) is 12.4 Å². The predicted octanol–water partition coefficient (Wildman–Crippen LogP) is 4.73. The first kappa shape index (κ1) is 26.3. The van der Waals surface area contributed by atoms with E-state index in [0.29, 0.717) is 17.2 Å². The Kier molecular flexibility index (Phi) is 8.82. The summed E-state index contributed by atoms with van der Waals surface area (Å²) in [7, 11) is 0.703. The van der Waals surface area contributed by atoms with E-state index in [0.717, 1.165) is 34.3 Å². The van der Waals surface area contributed by atoms with Gasteiger partial charge in [-0.3, -0.25) is 9.69 Å². The molecule has 1 heterocycles. The Bertz CT molecular complexity index is 1150. The van der Waals surface area contributed by atoms with E-state index in [2.05, 4.69) is 17.9 Å². The van der Waals surface area contributed by atoms with Gasteiger partial charge in [-0.1, -0.05) is 30.4 Å². The summed E-state index contributed by atoms with van der Waals surface area (Å²) < 4.78 is 25.3. The lowest BCUT2D eigenvalue weighted by Gasteiger charge is -2.21. The third-order valence-electron chi connectivity index (χ3n) is 5.23. The van der Waals surface area contributed by atoms with Crippen molar-refractivity contribution in [1.29, 1.82) is 0 Å². The number of amides is 1. The molecule has 32 heavy (non-hydrogen) atoms. The molecule has 0 saturated carbocycles. The van der Waals surface area contributed by atoms with Crippen molar-refractivity contribution >= 4 is 54.8 Å². The van der Waals surface area contributed by atoms with E-state index in [1.807, 2.05) is 27.1 Å². The van der Waals surface area contributed by atoms with Crippen LogP contribution in [0.4, 0.5) is 5.13 Å². The van der Waals surface area contributed by atoms with Gasteiger partial charge < -0.3 is 4.90 Å². The molecule has 1 aromatic heterocycles. The fourth-order valence-electron chi connectivity index (χ4n) is 3.32. The van der Waals surface area contributed by atoms with E-state index in [-0.39, 0.29) is 29.0 Å². The van der Waals surface area contributed by atoms with Gasteiger partial charge in [0.1, 0.15) is 0 Å². The summed E-state index contributed by atoms with van der Waals surface area (Å²) in [6.45, 7) is 7.06. The molecule has 2 aromatic carbocycles. The maximum atomic E-state index is 13.4.